The quantitative estimate of drug-likeness (QED) is 0.842. The second kappa shape index (κ2) is 5.95. The number of pyridine rings is 1. The van der Waals surface area contributed by atoms with Crippen molar-refractivity contribution in [3.05, 3.63) is 50.8 Å². The largest absolute Gasteiger partial charge is 0.481 e. The van der Waals surface area contributed by atoms with Crippen molar-refractivity contribution in [2.75, 3.05) is 0 Å². The number of nitrogens with zero attached hydrogens (tertiary/aromatic N) is 1. The van der Waals surface area contributed by atoms with Crippen molar-refractivity contribution in [2.45, 2.75) is 6.42 Å². The third-order valence-electron chi connectivity index (χ3n) is 2.56. The molecule has 0 saturated carbocycles. The van der Waals surface area contributed by atoms with E-state index in [1.54, 1.807) is 0 Å². The Morgan fingerprint density at radius 1 is 1.30 bits per heavy atom. The molecular formula is C13H7Cl3FNO2. The average molecular weight is 335 g/mol. The molecule has 0 aliphatic rings. The summed E-state index contributed by atoms with van der Waals surface area (Å²) in [5.74, 6) is -1.90. The molecule has 20 heavy (non-hydrogen) atoms. The molecular weight excluding hydrogens is 328 g/mol. The van der Waals surface area contributed by atoms with Gasteiger partial charge in [0.05, 0.1) is 16.5 Å². The molecule has 2 aromatic rings. The minimum absolute atomic E-state index is 0.00895. The highest BCUT2D eigenvalue weighted by molar-refractivity contribution is 6.45. The number of hydrogen-bond acceptors (Lipinski definition) is 2. The zero-order valence-electron chi connectivity index (χ0n) is 9.83. The van der Waals surface area contributed by atoms with Gasteiger partial charge < -0.3 is 5.11 Å². The van der Waals surface area contributed by atoms with Gasteiger partial charge in [0.15, 0.2) is 5.82 Å². The van der Waals surface area contributed by atoms with Crippen LogP contribution in [-0.4, -0.2) is 16.1 Å². The fraction of sp³-hybridized carbons (Fsp3) is 0.0769. The fourth-order valence-electron chi connectivity index (χ4n) is 1.70. The molecule has 0 aliphatic heterocycles. The highest BCUT2D eigenvalue weighted by Gasteiger charge is 2.18. The van der Waals surface area contributed by atoms with Crippen molar-refractivity contribution in [2.24, 2.45) is 0 Å². The molecule has 1 N–H and O–H groups in total. The molecule has 0 aliphatic carbocycles. The summed E-state index contributed by atoms with van der Waals surface area (Å²) >= 11 is 17.8. The minimum Gasteiger partial charge on any atom is -0.481 e. The standard InChI is InChI=1S/C13H7Cl3FNO2/c14-7-4-8(11(16)9(15)5-7)13-12(17)6(1-2-18-13)3-10(19)20/h1-2,4-5H,3H2,(H,19,20). The van der Waals surface area contributed by atoms with E-state index in [9.17, 15) is 9.18 Å². The van der Waals surface area contributed by atoms with E-state index in [4.69, 9.17) is 39.9 Å². The highest BCUT2D eigenvalue weighted by atomic mass is 35.5. The Hall–Kier alpha value is -1.36. The SMILES string of the molecule is O=C(O)Cc1ccnc(-c2cc(Cl)cc(Cl)c2Cl)c1F. The van der Waals surface area contributed by atoms with Crippen LogP contribution in [0.15, 0.2) is 24.4 Å². The van der Waals surface area contributed by atoms with Gasteiger partial charge in [0.2, 0.25) is 0 Å². The first-order chi connectivity index (χ1) is 9.40. The van der Waals surface area contributed by atoms with E-state index in [0.717, 1.165) is 0 Å². The first-order valence-electron chi connectivity index (χ1n) is 5.40. The molecule has 1 heterocycles. The maximum Gasteiger partial charge on any atom is 0.307 e. The van der Waals surface area contributed by atoms with Gasteiger partial charge in [0.1, 0.15) is 5.69 Å². The number of carboxylic acid groups (broad SMARTS) is 1. The maximum absolute atomic E-state index is 14.3. The molecule has 0 saturated heterocycles. The van der Waals surface area contributed by atoms with Gasteiger partial charge in [-0.1, -0.05) is 34.8 Å². The number of benzene rings is 1. The van der Waals surface area contributed by atoms with E-state index < -0.39 is 18.2 Å². The van der Waals surface area contributed by atoms with Crippen LogP contribution in [0, 0.1) is 5.82 Å². The van der Waals surface area contributed by atoms with E-state index >= 15 is 0 Å². The Labute approximate surface area is 128 Å². The summed E-state index contributed by atoms with van der Waals surface area (Å²) in [5.41, 5.74) is 0.140. The summed E-state index contributed by atoms with van der Waals surface area (Å²) in [7, 11) is 0. The van der Waals surface area contributed by atoms with Gasteiger partial charge in [-0.3, -0.25) is 9.78 Å². The Bertz CT molecular complexity index is 692. The Balaban J connectivity index is 2.62. The van der Waals surface area contributed by atoms with Crippen molar-refractivity contribution >= 4 is 40.8 Å². The smallest absolute Gasteiger partial charge is 0.307 e. The van der Waals surface area contributed by atoms with E-state index in [1.165, 1.54) is 24.4 Å². The molecule has 0 radical (unpaired) electrons. The van der Waals surface area contributed by atoms with Crippen LogP contribution in [0.1, 0.15) is 5.56 Å². The number of halogens is 4. The maximum atomic E-state index is 14.3. The number of carboxylic acids is 1. The third kappa shape index (κ3) is 3.03. The second-order valence-electron chi connectivity index (χ2n) is 3.95. The normalized spacial score (nSPS) is 10.6. The lowest BCUT2D eigenvalue weighted by molar-refractivity contribution is -0.136. The lowest BCUT2D eigenvalue weighted by Gasteiger charge is -2.09. The van der Waals surface area contributed by atoms with Crippen LogP contribution in [0.5, 0.6) is 0 Å². The highest BCUT2D eigenvalue weighted by Crippen LogP contribution is 2.37. The summed E-state index contributed by atoms with van der Waals surface area (Å²) in [6, 6.07) is 4.15. The van der Waals surface area contributed by atoms with Gasteiger partial charge >= 0.3 is 5.97 Å². The van der Waals surface area contributed by atoms with Gasteiger partial charge in [-0.25, -0.2) is 4.39 Å². The number of aliphatic carboxylic acids is 1. The fourth-order valence-corrected chi connectivity index (χ4v) is 2.39. The second-order valence-corrected chi connectivity index (χ2v) is 5.17. The molecule has 0 atom stereocenters. The Morgan fingerprint density at radius 2 is 2.00 bits per heavy atom. The molecule has 1 aromatic heterocycles. The van der Waals surface area contributed by atoms with Crippen LogP contribution >= 0.6 is 34.8 Å². The van der Waals surface area contributed by atoms with Crippen molar-refractivity contribution in [1.29, 1.82) is 0 Å². The van der Waals surface area contributed by atoms with Crippen LogP contribution < -0.4 is 0 Å². The van der Waals surface area contributed by atoms with Gasteiger partial charge in [0, 0.05) is 22.3 Å². The summed E-state index contributed by atoms with van der Waals surface area (Å²) < 4.78 is 14.3. The minimum atomic E-state index is -1.14. The van der Waals surface area contributed by atoms with Gasteiger partial charge in [-0.2, -0.15) is 0 Å². The zero-order valence-corrected chi connectivity index (χ0v) is 12.1. The molecule has 104 valence electrons. The number of hydrogen-bond donors (Lipinski definition) is 1. The lowest BCUT2D eigenvalue weighted by atomic mass is 10.1. The Kier molecular flexibility index (Phi) is 4.48. The predicted molar refractivity (Wildman–Crippen MR) is 76.0 cm³/mol. The molecule has 1 aromatic carbocycles. The van der Waals surface area contributed by atoms with Crippen molar-refractivity contribution in [3.8, 4) is 11.3 Å². The molecule has 0 amide bonds. The Morgan fingerprint density at radius 3 is 2.65 bits per heavy atom. The van der Waals surface area contributed by atoms with Gasteiger partial charge in [0.25, 0.3) is 0 Å². The summed E-state index contributed by atoms with van der Waals surface area (Å²) in [5, 5.41) is 9.29. The third-order valence-corrected chi connectivity index (χ3v) is 3.58. The molecule has 0 fully saturated rings. The zero-order chi connectivity index (χ0) is 14.9. The monoisotopic (exact) mass is 333 g/mol. The first-order valence-corrected chi connectivity index (χ1v) is 6.53. The van der Waals surface area contributed by atoms with Crippen LogP contribution in [-0.2, 0) is 11.2 Å². The van der Waals surface area contributed by atoms with E-state index in [0.29, 0.717) is 0 Å². The molecule has 0 spiro atoms. The molecule has 0 unspecified atom stereocenters. The molecule has 7 heteroatoms. The molecule has 3 nitrogen and oxygen atoms in total. The van der Waals surface area contributed by atoms with Crippen molar-refractivity contribution in [1.82, 2.24) is 4.98 Å². The summed E-state index contributed by atoms with van der Waals surface area (Å²) in [4.78, 5) is 14.6. The topological polar surface area (TPSA) is 50.2 Å². The van der Waals surface area contributed by atoms with Crippen molar-refractivity contribution < 1.29 is 14.3 Å². The number of aromatic nitrogens is 1. The first kappa shape index (κ1) is 15.0. The summed E-state index contributed by atoms with van der Waals surface area (Å²) in [6.07, 6.45) is 0.856. The van der Waals surface area contributed by atoms with Crippen LogP contribution in [0.4, 0.5) is 4.39 Å². The predicted octanol–water partition coefficient (Wildman–Crippen LogP) is 4.48. The van der Waals surface area contributed by atoms with Gasteiger partial charge in [-0.05, 0) is 18.2 Å². The van der Waals surface area contributed by atoms with E-state index in [1.807, 2.05) is 0 Å². The van der Waals surface area contributed by atoms with E-state index in [2.05, 4.69) is 4.98 Å². The van der Waals surface area contributed by atoms with Gasteiger partial charge in [-0.15, -0.1) is 0 Å². The number of carbonyl (C=O) groups is 1. The molecule has 2 rings (SSSR count). The van der Waals surface area contributed by atoms with E-state index in [-0.39, 0.29) is 31.9 Å². The number of rotatable bonds is 3. The van der Waals surface area contributed by atoms with Crippen LogP contribution in [0.25, 0.3) is 11.3 Å². The molecule has 0 bridgehead atoms. The van der Waals surface area contributed by atoms with Crippen LogP contribution in [0.2, 0.25) is 15.1 Å². The van der Waals surface area contributed by atoms with Crippen LogP contribution in [0.3, 0.4) is 0 Å². The lowest BCUT2D eigenvalue weighted by Crippen LogP contribution is -2.04. The summed E-state index contributed by atoms with van der Waals surface area (Å²) in [6.45, 7) is 0. The van der Waals surface area contributed by atoms with Crippen molar-refractivity contribution in [3.63, 3.8) is 0 Å². The average Bonchev–Trinajstić information content (AvgIpc) is 2.36.